The van der Waals surface area contributed by atoms with Crippen molar-refractivity contribution in [2.24, 2.45) is 7.05 Å². The Bertz CT molecular complexity index is 2360. The molecule has 3 N–H and O–H groups in total. The molecule has 60 heavy (non-hydrogen) atoms. The SMILES string of the molecule is CNC(=O)CCN(C=O)c1nn(C)c2cc(OCC(=O)N3CCN(CCNC(=O)c4ccc(Nc5ncc6cc(C(=O)N(C)C)n(C7CCCC7)c6n5)cc4)CC3)ccc12. The number of hydrogen-bond donors (Lipinski definition) is 3. The molecule has 2 fully saturated rings. The molecule has 0 atom stereocenters. The molecule has 4 heterocycles. The van der Waals surface area contributed by atoms with Gasteiger partial charge < -0.3 is 35.1 Å². The van der Waals surface area contributed by atoms with Crippen LogP contribution in [0, 0.1) is 0 Å². The van der Waals surface area contributed by atoms with Gasteiger partial charge in [0.15, 0.2) is 12.4 Å². The molecule has 18 nitrogen and oxygen atoms in total. The minimum atomic E-state index is -0.180. The molecule has 0 bridgehead atoms. The van der Waals surface area contributed by atoms with E-state index in [2.05, 4.69) is 35.5 Å². The first-order valence-corrected chi connectivity index (χ1v) is 20.3. The van der Waals surface area contributed by atoms with Crippen LogP contribution in [0.2, 0.25) is 0 Å². The van der Waals surface area contributed by atoms with Gasteiger partial charge in [-0.25, -0.2) is 4.98 Å². The van der Waals surface area contributed by atoms with Gasteiger partial charge in [0.1, 0.15) is 17.1 Å². The van der Waals surface area contributed by atoms with Crippen molar-refractivity contribution >= 4 is 69.4 Å². The number of piperazine rings is 1. The summed E-state index contributed by atoms with van der Waals surface area (Å²) in [6.45, 7) is 3.61. The molecular weight excluding hydrogens is 769 g/mol. The normalized spacial score (nSPS) is 14.6. The summed E-state index contributed by atoms with van der Waals surface area (Å²) in [6, 6.07) is 14.5. The second kappa shape index (κ2) is 18.6. The van der Waals surface area contributed by atoms with Crippen molar-refractivity contribution in [3.8, 4) is 5.75 Å². The predicted octanol–water partition coefficient (Wildman–Crippen LogP) is 2.93. The van der Waals surface area contributed by atoms with Crippen LogP contribution in [0.3, 0.4) is 0 Å². The van der Waals surface area contributed by atoms with E-state index in [1.807, 2.05) is 18.2 Å². The van der Waals surface area contributed by atoms with Gasteiger partial charge in [0.05, 0.1) is 5.52 Å². The summed E-state index contributed by atoms with van der Waals surface area (Å²) >= 11 is 0. The Morgan fingerprint density at radius 3 is 2.43 bits per heavy atom. The molecule has 5 aromatic rings. The van der Waals surface area contributed by atoms with Gasteiger partial charge in [-0.3, -0.25) is 38.5 Å². The first-order chi connectivity index (χ1) is 29.0. The lowest BCUT2D eigenvalue weighted by atomic mass is 10.2. The van der Waals surface area contributed by atoms with Crippen LogP contribution in [-0.4, -0.2) is 143 Å². The van der Waals surface area contributed by atoms with Crippen molar-refractivity contribution in [2.45, 2.75) is 38.1 Å². The van der Waals surface area contributed by atoms with E-state index < -0.39 is 0 Å². The number of carbonyl (C=O) groups excluding carboxylic acids is 5. The lowest BCUT2D eigenvalue weighted by molar-refractivity contribution is -0.135. The van der Waals surface area contributed by atoms with E-state index in [1.165, 1.54) is 4.90 Å². The molecule has 1 saturated heterocycles. The molecule has 5 amide bonds. The highest BCUT2D eigenvalue weighted by atomic mass is 16.5. The number of nitrogens with zero attached hydrogens (tertiary/aromatic N) is 9. The van der Waals surface area contributed by atoms with Crippen molar-refractivity contribution in [3.63, 3.8) is 0 Å². The maximum absolute atomic E-state index is 13.0. The highest BCUT2D eigenvalue weighted by Crippen LogP contribution is 2.35. The average Bonchev–Trinajstić information content (AvgIpc) is 4.01. The maximum atomic E-state index is 13.0. The van der Waals surface area contributed by atoms with Crippen molar-refractivity contribution in [1.82, 2.24) is 49.6 Å². The Morgan fingerprint density at radius 2 is 1.73 bits per heavy atom. The molecule has 18 heteroatoms. The molecule has 0 spiro atoms. The molecule has 2 aromatic carbocycles. The van der Waals surface area contributed by atoms with E-state index in [0.29, 0.717) is 74.5 Å². The molecule has 1 aliphatic carbocycles. The zero-order chi connectivity index (χ0) is 42.3. The van der Waals surface area contributed by atoms with Gasteiger partial charge >= 0.3 is 0 Å². The average molecular weight is 821 g/mol. The molecule has 1 aliphatic heterocycles. The Morgan fingerprint density at radius 1 is 0.983 bits per heavy atom. The molecule has 316 valence electrons. The predicted molar refractivity (Wildman–Crippen MR) is 226 cm³/mol. The van der Waals surface area contributed by atoms with Crippen LogP contribution < -0.4 is 25.6 Å². The van der Waals surface area contributed by atoms with E-state index in [1.54, 1.807) is 79.2 Å². The number of aromatic nitrogens is 5. The Kier molecular flexibility index (Phi) is 12.9. The summed E-state index contributed by atoms with van der Waals surface area (Å²) < 4.78 is 9.58. The molecule has 0 radical (unpaired) electrons. The van der Waals surface area contributed by atoms with Crippen LogP contribution in [0.25, 0.3) is 21.9 Å². The van der Waals surface area contributed by atoms with Gasteiger partial charge in [0.25, 0.3) is 17.7 Å². The van der Waals surface area contributed by atoms with Crippen LogP contribution in [0.5, 0.6) is 5.75 Å². The van der Waals surface area contributed by atoms with Crippen LogP contribution >= 0.6 is 0 Å². The van der Waals surface area contributed by atoms with Crippen LogP contribution in [0.15, 0.2) is 54.7 Å². The molecule has 1 saturated carbocycles. The third kappa shape index (κ3) is 9.33. The second-order valence-electron chi connectivity index (χ2n) is 15.3. The lowest BCUT2D eigenvalue weighted by Gasteiger charge is -2.34. The van der Waals surface area contributed by atoms with Gasteiger partial charge in [-0.15, -0.1) is 0 Å². The van der Waals surface area contributed by atoms with Gasteiger partial charge in [-0.2, -0.15) is 10.1 Å². The van der Waals surface area contributed by atoms with E-state index in [9.17, 15) is 24.0 Å². The first-order valence-electron chi connectivity index (χ1n) is 20.3. The quantitative estimate of drug-likeness (QED) is 0.124. The molecule has 0 unspecified atom stereocenters. The second-order valence-corrected chi connectivity index (χ2v) is 15.3. The van der Waals surface area contributed by atoms with Crippen molar-refractivity contribution in [2.75, 3.05) is 83.8 Å². The Hall–Kier alpha value is -6.56. The standard InChI is InChI=1S/C42H52N12O6/c1-43-36(56)15-17-53(27-55)39-33-14-13-32(24-34(33)50(4)48-39)60-26-37(57)52-21-19-51(20-22-52)18-16-44-40(58)28-9-11-30(12-10-28)46-42-45-25-29-23-35(41(59)49(2)3)54(38(29)47-42)31-7-5-6-8-31/h9-14,23-25,27,31H,5-8,15-22,26H2,1-4H3,(H,43,56)(H,44,58)(H,45,46,47). The molecule has 7 rings (SSSR count). The van der Waals surface area contributed by atoms with Gasteiger partial charge in [-0.1, -0.05) is 12.8 Å². The number of benzene rings is 2. The van der Waals surface area contributed by atoms with E-state index in [4.69, 9.17) is 9.72 Å². The van der Waals surface area contributed by atoms with E-state index in [0.717, 1.165) is 53.3 Å². The summed E-state index contributed by atoms with van der Waals surface area (Å²) in [7, 11) is 6.81. The number of fused-ring (bicyclic) bond motifs is 2. The first kappa shape index (κ1) is 41.6. The van der Waals surface area contributed by atoms with E-state index in [-0.39, 0.29) is 49.2 Å². The van der Waals surface area contributed by atoms with Crippen molar-refractivity contribution in [1.29, 1.82) is 0 Å². The summed E-state index contributed by atoms with van der Waals surface area (Å²) in [5, 5.41) is 14.8. The number of carbonyl (C=O) groups is 5. The maximum Gasteiger partial charge on any atom is 0.270 e. The minimum absolute atomic E-state index is 0.0579. The Labute approximate surface area is 347 Å². The summed E-state index contributed by atoms with van der Waals surface area (Å²) in [6.07, 6.45) is 6.81. The number of aryl methyl sites for hydroxylation is 1. The lowest BCUT2D eigenvalue weighted by Crippen LogP contribution is -2.51. The highest BCUT2D eigenvalue weighted by molar-refractivity contribution is 5.98. The number of nitrogens with one attached hydrogen (secondary N) is 3. The van der Waals surface area contributed by atoms with Gasteiger partial charge in [0, 0.05) is 121 Å². The zero-order valence-electron chi connectivity index (χ0n) is 34.5. The minimum Gasteiger partial charge on any atom is -0.484 e. The summed E-state index contributed by atoms with van der Waals surface area (Å²) in [4.78, 5) is 78.9. The van der Waals surface area contributed by atoms with Gasteiger partial charge in [0.2, 0.25) is 18.3 Å². The zero-order valence-corrected chi connectivity index (χ0v) is 34.5. The van der Waals surface area contributed by atoms with Crippen LogP contribution in [-0.2, 0) is 21.4 Å². The third-order valence-electron chi connectivity index (χ3n) is 11.2. The van der Waals surface area contributed by atoms with Crippen molar-refractivity contribution in [3.05, 3.63) is 66.0 Å². The summed E-state index contributed by atoms with van der Waals surface area (Å²) in [5.74, 6) is 0.816. The summed E-state index contributed by atoms with van der Waals surface area (Å²) in [5.41, 5.74) is 3.33. The number of ether oxygens (including phenoxy) is 1. The van der Waals surface area contributed by atoms with Crippen molar-refractivity contribution < 1.29 is 28.7 Å². The third-order valence-corrected chi connectivity index (χ3v) is 11.2. The van der Waals surface area contributed by atoms with Crippen LogP contribution in [0.4, 0.5) is 17.5 Å². The van der Waals surface area contributed by atoms with Crippen LogP contribution in [0.1, 0.15) is 59.0 Å². The smallest absolute Gasteiger partial charge is 0.270 e. The number of hydrogen-bond acceptors (Lipinski definition) is 11. The monoisotopic (exact) mass is 820 g/mol. The topological polar surface area (TPSA) is 192 Å². The fourth-order valence-electron chi connectivity index (χ4n) is 7.79. The largest absolute Gasteiger partial charge is 0.484 e. The number of anilines is 3. The highest BCUT2D eigenvalue weighted by Gasteiger charge is 2.27. The molecular formula is C42H52N12O6. The molecule has 3 aromatic heterocycles. The Balaban J connectivity index is 0.849. The number of rotatable bonds is 16. The van der Waals surface area contributed by atoms with E-state index >= 15 is 0 Å². The molecule has 2 aliphatic rings. The fourth-order valence-corrected chi connectivity index (χ4v) is 7.79. The van der Waals surface area contributed by atoms with Gasteiger partial charge in [-0.05, 0) is 55.3 Å². The fraction of sp³-hybridized carbons (Fsp3) is 0.429. The number of amides is 5.